The summed E-state index contributed by atoms with van der Waals surface area (Å²) in [6.45, 7) is 2.33. The number of anilines is 1. The molecule has 1 aromatic carbocycles. The van der Waals surface area contributed by atoms with Crippen molar-refractivity contribution in [1.29, 1.82) is 0 Å². The number of nitrogens with two attached hydrogens (primary N) is 2. The number of benzene rings is 1. The van der Waals surface area contributed by atoms with Gasteiger partial charge in [0.15, 0.2) is 0 Å². The van der Waals surface area contributed by atoms with E-state index in [0.29, 0.717) is 25.1 Å². The zero-order valence-electron chi connectivity index (χ0n) is 11.4. The zero-order chi connectivity index (χ0) is 14.3. The van der Waals surface area contributed by atoms with Crippen LogP contribution in [-0.4, -0.2) is 18.0 Å². The summed E-state index contributed by atoms with van der Waals surface area (Å²) in [6, 6.07) is 6.53. The van der Waals surface area contributed by atoms with Gasteiger partial charge in [-0.15, -0.1) is 12.4 Å². The van der Waals surface area contributed by atoms with Crippen molar-refractivity contribution in [3.63, 3.8) is 0 Å². The quantitative estimate of drug-likeness (QED) is 0.636. The first-order chi connectivity index (χ1) is 8.97. The van der Waals surface area contributed by atoms with Gasteiger partial charge < -0.3 is 22.1 Å². The normalized spacial score (nSPS) is 11.1. The molecule has 1 aromatic rings. The number of amides is 3. The Bertz CT molecular complexity index is 435. The first-order valence-electron chi connectivity index (χ1n) is 6.15. The predicted octanol–water partition coefficient (Wildman–Crippen LogP) is 1.34. The van der Waals surface area contributed by atoms with Gasteiger partial charge in [-0.1, -0.05) is 12.1 Å². The molecular weight excluding hydrogens is 280 g/mol. The lowest BCUT2D eigenvalue weighted by atomic mass is 10.1. The van der Waals surface area contributed by atoms with Gasteiger partial charge in [0.2, 0.25) is 5.91 Å². The van der Waals surface area contributed by atoms with E-state index in [1.54, 1.807) is 12.1 Å². The van der Waals surface area contributed by atoms with Crippen molar-refractivity contribution < 1.29 is 9.59 Å². The molecule has 1 rings (SSSR count). The van der Waals surface area contributed by atoms with E-state index in [1.807, 2.05) is 19.1 Å². The Morgan fingerprint density at radius 3 is 2.35 bits per heavy atom. The van der Waals surface area contributed by atoms with Gasteiger partial charge >= 0.3 is 6.03 Å². The highest BCUT2D eigenvalue weighted by Gasteiger charge is 2.03. The van der Waals surface area contributed by atoms with E-state index in [1.165, 1.54) is 0 Å². The Morgan fingerprint density at radius 1 is 1.25 bits per heavy atom. The molecule has 0 aliphatic heterocycles. The molecule has 6 N–H and O–H groups in total. The number of hydrogen-bond acceptors (Lipinski definition) is 3. The average Bonchev–Trinajstić information content (AvgIpc) is 2.35. The van der Waals surface area contributed by atoms with Crippen LogP contribution in [0.25, 0.3) is 0 Å². The molecule has 0 saturated carbocycles. The zero-order valence-corrected chi connectivity index (χ0v) is 12.2. The molecule has 0 heterocycles. The highest BCUT2D eigenvalue weighted by molar-refractivity contribution is 5.87. The molecule has 3 amide bonds. The highest BCUT2D eigenvalue weighted by Crippen LogP contribution is 2.09. The Hall–Kier alpha value is -1.79. The molecule has 0 radical (unpaired) electrons. The number of halogens is 1. The molecule has 0 saturated heterocycles. The van der Waals surface area contributed by atoms with Gasteiger partial charge in [-0.2, -0.15) is 0 Å². The van der Waals surface area contributed by atoms with E-state index in [9.17, 15) is 9.59 Å². The second-order valence-corrected chi connectivity index (χ2v) is 4.48. The lowest BCUT2D eigenvalue weighted by Crippen LogP contribution is -2.25. The fourth-order valence-corrected chi connectivity index (χ4v) is 1.50. The second kappa shape index (κ2) is 9.17. The number of rotatable bonds is 6. The smallest absolute Gasteiger partial charge is 0.316 e. The Balaban J connectivity index is 0.00000361. The molecule has 0 aliphatic rings. The number of nitrogens with one attached hydrogen (secondary N) is 2. The third-order valence-corrected chi connectivity index (χ3v) is 2.54. The van der Waals surface area contributed by atoms with Crippen LogP contribution in [0.5, 0.6) is 0 Å². The molecule has 1 unspecified atom stereocenters. The van der Waals surface area contributed by atoms with E-state index >= 15 is 0 Å². The maximum Gasteiger partial charge on any atom is 0.316 e. The van der Waals surface area contributed by atoms with Crippen LogP contribution in [0.3, 0.4) is 0 Å². The Kier molecular flexibility index (Phi) is 8.35. The number of urea groups is 1. The molecule has 1 atom stereocenters. The summed E-state index contributed by atoms with van der Waals surface area (Å²) in [5.41, 5.74) is 12.2. The van der Waals surface area contributed by atoms with E-state index in [2.05, 4.69) is 10.6 Å². The molecule has 20 heavy (non-hydrogen) atoms. The average molecular weight is 301 g/mol. The van der Waals surface area contributed by atoms with Crippen LogP contribution in [-0.2, 0) is 11.3 Å². The lowest BCUT2D eigenvalue weighted by molar-refractivity contribution is -0.121. The molecule has 0 aliphatic carbocycles. The van der Waals surface area contributed by atoms with E-state index < -0.39 is 6.03 Å². The van der Waals surface area contributed by atoms with Crippen molar-refractivity contribution in [2.24, 2.45) is 11.5 Å². The Labute approximate surface area is 124 Å². The van der Waals surface area contributed by atoms with Gasteiger partial charge in [0.1, 0.15) is 0 Å². The summed E-state index contributed by atoms with van der Waals surface area (Å²) in [6.07, 6.45) is 1.10. The third-order valence-electron chi connectivity index (χ3n) is 2.54. The van der Waals surface area contributed by atoms with Crippen LogP contribution >= 0.6 is 12.4 Å². The maximum atomic E-state index is 11.5. The predicted molar refractivity (Wildman–Crippen MR) is 81.6 cm³/mol. The van der Waals surface area contributed by atoms with Gasteiger partial charge in [-0.25, -0.2) is 4.79 Å². The monoisotopic (exact) mass is 300 g/mol. The number of primary amides is 1. The van der Waals surface area contributed by atoms with Crippen LogP contribution in [0.15, 0.2) is 24.3 Å². The fourth-order valence-electron chi connectivity index (χ4n) is 1.50. The van der Waals surface area contributed by atoms with Crippen LogP contribution in [0.2, 0.25) is 0 Å². The highest BCUT2D eigenvalue weighted by atomic mass is 35.5. The summed E-state index contributed by atoms with van der Waals surface area (Å²) in [5, 5.41) is 5.28. The van der Waals surface area contributed by atoms with Gasteiger partial charge in [-0.3, -0.25) is 4.79 Å². The molecule has 0 aromatic heterocycles. The Morgan fingerprint density at radius 2 is 1.85 bits per heavy atom. The van der Waals surface area contributed by atoms with Crippen molar-refractivity contribution in [3.8, 4) is 0 Å². The van der Waals surface area contributed by atoms with Crippen molar-refractivity contribution >= 4 is 30.0 Å². The molecule has 0 bridgehead atoms. The maximum absolute atomic E-state index is 11.5. The van der Waals surface area contributed by atoms with Crippen LogP contribution in [0.4, 0.5) is 10.5 Å². The van der Waals surface area contributed by atoms with E-state index in [-0.39, 0.29) is 24.4 Å². The largest absolute Gasteiger partial charge is 0.352 e. The van der Waals surface area contributed by atoms with E-state index in [0.717, 1.165) is 5.56 Å². The van der Waals surface area contributed by atoms with Gasteiger partial charge in [0.05, 0.1) is 0 Å². The van der Waals surface area contributed by atoms with Crippen molar-refractivity contribution in [1.82, 2.24) is 5.32 Å². The minimum Gasteiger partial charge on any atom is -0.352 e. The summed E-state index contributed by atoms with van der Waals surface area (Å²) in [7, 11) is 0. The SMILES string of the molecule is CC(N)CCC(=O)NCc1ccc(NC(N)=O)cc1.Cl. The first kappa shape index (κ1) is 18.2. The minimum absolute atomic E-state index is 0. The van der Waals surface area contributed by atoms with Gasteiger partial charge in [-0.05, 0) is 31.0 Å². The molecular formula is C13H21ClN4O2. The molecule has 6 nitrogen and oxygen atoms in total. The number of carbonyl (C=O) groups is 2. The molecule has 0 fully saturated rings. The third kappa shape index (κ3) is 7.60. The topological polar surface area (TPSA) is 110 Å². The van der Waals surface area contributed by atoms with Gasteiger partial charge in [0, 0.05) is 24.7 Å². The molecule has 112 valence electrons. The van der Waals surface area contributed by atoms with E-state index in [4.69, 9.17) is 11.5 Å². The minimum atomic E-state index is -0.600. The van der Waals surface area contributed by atoms with Gasteiger partial charge in [0.25, 0.3) is 0 Å². The van der Waals surface area contributed by atoms with Crippen LogP contribution in [0.1, 0.15) is 25.3 Å². The number of carbonyl (C=O) groups excluding carboxylic acids is 2. The lowest BCUT2D eigenvalue weighted by Gasteiger charge is -2.08. The summed E-state index contributed by atoms with van der Waals surface area (Å²) >= 11 is 0. The number of hydrogen-bond donors (Lipinski definition) is 4. The van der Waals surface area contributed by atoms with Crippen LogP contribution < -0.4 is 22.1 Å². The van der Waals surface area contributed by atoms with Crippen molar-refractivity contribution in [2.75, 3.05) is 5.32 Å². The second-order valence-electron chi connectivity index (χ2n) is 4.48. The first-order valence-corrected chi connectivity index (χ1v) is 6.15. The summed E-state index contributed by atoms with van der Waals surface area (Å²) < 4.78 is 0. The fraction of sp³-hybridized carbons (Fsp3) is 0.385. The standard InChI is InChI=1S/C13H20N4O2.ClH/c1-9(14)2-7-12(18)16-8-10-3-5-11(6-4-10)17-13(15)19;/h3-6,9H,2,7-8,14H2,1H3,(H,16,18)(H3,15,17,19);1H. The molecule has 0 spiro atoms. The van der Waals surface area contributed by atoms with Crippen molar-refractivity contribution in [3.05, 3.63) is 29.8 Å². The molecule has 7 heteroatoms. The van der Waals surface area contributed by atoms with Crippen LogP contribution in [0, 0.1) is 0 Å². The summed E-state index contributed by atoms with van der Waals surface area (Å²) in [5.74, 6) is -0.0170. The summed E-state index contributed by atoms with van der Waals surface area (Å²) in [4.78, 5) is 22.1. The van der Waals surface area contributed by atoms with Crippen molar-refractivity contribution in [2.45, 2.75) is 32.4 Å².